The number of aryl methyl sites for hydroxylation is 2. The first kappa shape index (κ1) is 12.9. The zero-order valence-electron chi connectivity index (χ0n) is 11.3. The summed E-state index contributed by atoms with van der Waals surface area (Å²) in [5.74, 6) is -0.0991. The van der Waals surface area contributed by atoms with Gasteiger partial charge >= 0.3 is 0 Å². The van der Waals surface area contributed by atoms with Crippen LogP contribution in [0, 0.1) is 6.92 Å². The molecule has 1 aromatic heterocycles. The summed E-state index contributed by atoms with van der Waals surface area (Å²) in [5.41, 5.74) is 7.51. The van der Waals surface area contributed by atoms with Crippen molar-refractivity contribution in [3.8, 4) is 0 Å². The largest absolute Gasteiger partial charge is 0.395 e. The van der Waals surface area contributed by atoms with Crippen LogP contribution in [0.5, 0.6) is 0 Å². The molecule has 6 nitrogen and oxygen atoms in total. The summed E-state index contributed by atoms with van der Waals surface area (Å²) in [6.45, 7) is 4.48. The third-order valence-electron chi connectivity index (χ3n) is 3.63. The fraction of sp³-hybridized carbons (Fsp3) is 0.667. The lowest BCUT2D eigenvalue weighted by atomic mass is 10.1. The van der Waals surface area contributed by atoms with E-state index in [4.69, 9.17) is 10.5 Å². The summed E-state index contributed by atoms with van der Waals surface area (Å²) >= 11 is 0. The first-order valence-electron chi connectivity index (χ1n) is 6.11. The van der Waals surface area contributed by atoms with E-state index in [9.17, 15) is 4.79 Å². The van der Waals surface area contributed by atoms with Gasteiger partial charge in [-0.15, -0.1) is 0 Å². The number of ether oxygens (including phenoxy) is 1. The van der Waals surface area contributed by atoms with Crippen molar-refractivity contribution in [1.29, 1.82) is 0 Å². The van der Waals surface area contributed by atoms with E-state index >= 15 is 0 Å². The van der Waals surface area contributed by atoms with Gasteiger partial charge in [0, 0.05) is 20.7 Å². The highest BCUT2D eigenvalue weighted by Crippen LogP contribution is 2.23. The Kier molecular flexibility index (Phi) is 3.30. The number of amides is 1. The average Bonchev–Trinajstić information content (AvgIpc) is 2.83. The van der Waals surface area contributed by atoms with E-state index in [1.165, 1.54) is 0 Å². The Morgan fingerprint density at radius 2 is 2.28 bits per heavy atom. The number of hydrogen-bond donors (Lipinski definition) is 1. The van der Waals surface area contributed by atoms with Crippen LogP contribution in [0.1, 0.15) is 29.5 Å². The number of nitrogens with two attached hydrogens (primary N) is 1. The molecule has 2 unspecified atom stereocenters. The van der Waals surface area contributed by atoms with Crippen LogP contribution in [-0.2, 0) is 11.8 Å². The minimum atomic E-state index is -0.0991. The van der Waals surface area contributed by atoms with Crippen molar-refractivity contribution >= 4 is 11.6 Å². The standard InChI is InChI=1S/C12H20N4O2/c1-7-10(13)11(16(4)14-7)12(17)15(3)9-5-6-18-8(9)2/h8-9H,5-6,13H2,1-4H3. The fourth-order valence-corrected chi connectivity index (χ4v) is 2.47. The van der Waals surface area contributed by atoms with Crippen molar-refractivity contribution in [2.75, 3.05) is 19.4 Å². The third kappa shape index (κ3) is 1.96. The number of carbonyl (C=O) groups excluding carboxylic acids is 1. The Bertz CT molecular complexity index is 469. The SMILES string of the molecule is Cc1nn(C)c(C(=O)N(C)C2CCOC2C)c1N. The van der Waals surface area contributed by atoms with Gasteiger partial charge in [-0.25, -0.2) is 0 Å². The van der Waals surface area contributed by atoms with Gasteiger partial charge in [-0.05, 0) is 20.3 Å². The minimum Gasteiger partial charge on any atom is -0.395 e. The first-order valence-corrected chi connectivity index (χ1v) is 6.11. The van der Waals surface area contributed by atoms with Gasteiger partial charge in [0.15, 0.2) is 0 Å². The van der Waals surface area contributed by atoms with E-state index in [-0.39, 0.29) is 18.1 Å². The first-order chi connectivity index (χ1) is 8.43. The maximum absolute atomic E-state index is 12.5. The molecule has 1 saturated heterocycles. The van der Waals surface area contributed by atoms with E-state index in [0.717, 1.165) is 6.42 Å². The van der Waals surface area contributed by atoms with Crippen molar-refractivity contribution in [1.82, 2.24) is 14.7 Å². The van der Waals surface area contributed by atoms with Crippen LogP contribution in [0.25, 0.3) is 0 Å². The average molecular weight is 252 g/mol. The normalized spacial score (nSPS) is 23.3. The summed E-state index contributed by atoms with van der Waals surface area (Å²) in [6.07, 6.45) is 0.926. The molecular formula is C12H20N4O2. The Morgan fingerprint density at radius 3 is 2.72 bits per heavy atom. The van der Waals surface area contributed by atoms with Crippen LogP contribution < -0.4 is 5.73 Å². The van der Waals surface area contributed by atoms with Crippen molar-refractivity contribution in [3.63, 3.8) is 0 Å². The molecule has 0 spiro atoms. The highest BCUT2D eigenvalue weighted by Gasteiger charge is 2.33. The monoisotopic (exact) mass is 252 g/mol. The number of rotatable bonds is 2. The van der Waals surface area contributed by atoms with Crippen molar-refractivity contribution in [2.24, 2.45) is 7.05 Å². The zero-order chi connectivity index (χ0) is 13.4. The summed E-state index contributed by atoms with van der Waals surface area (Å²) in [4.78, 5) is 14.2. The molecule has 0 bridgehead atoms. The summed E-state index contributed by atoms with van der Waals surface area (Å²) in [6, 6.07) is 0.104. The van der Waals surface area contributed by atoms with Gasteiger partial charge in [0.2, 0.25) is 0 Å². The zero-order valence-corrected chi connectivity index (χ0v) is 11.3. The molecule has 0 aromatic carbocycles. The molecule has 1 amide bonds. The molecule has 0 aliphatic carbocycles. The van der Waals surface area contributed by atoms with Gasteiger partial charge in [-0.3, -0.25) is 9.48 Å². The topological polar surface area (TPSA) is 73.4 Å². The van der Waals surface area contributed by atoms with Crippen molar-refractivity contribution in [3.05, 3.63) is 11.4 Å². The Labute approximate surface area is 107 Å². The molecule has 1 aromatic rings. The molecule has 1 aliphatic heterocycles. The Balaban J connectivity index is 2.25. The second kappa shape index (κ2) is 4.61. The van der Waals surface area contributed by atoms with Crippen molar-refractivity contribution in [2.45, 2.75) is 32.4 Å². The number of nitrogen functional groups attached to an aromatic ring is 1. The van der Waals surface area contributed by atoms with Crippen LogP contribution in [-0.4, -0.2) is 46.4 Å². The molecule has 18 heavy (non-hydrogen) atoms. The lowest BCUT2D eigenvalue weighted by Crippen LogP contribution is -2.41. The van der Waals surface area contributed by atoms with E-state index in [1.54, 1.807) is 30.6 Å². The smallest absolute Gasteiger partial charge is 0.274 e. The number of anilines is 1. The second-order valence-electron chi connectivity index (χ2n) is 4.82. The molecule has 2 N–H and O–H groups in total. The molecular weight excluding hydrogens is 232 g/mol. The molecule has 0 saturated carbocycles. The Hall–Kier alpha value is -1.56. The number of hydrogen-bond acceptors (Lipinski definition) is 4. The van der Waals surface area contributed by atoms with E-state index in [2.05, 4.69) is 5.10 Å². The van der Waals surface area contributed by atoms with Crippen molar-refractivity contribution < 1.29 is 9.53 Å². The molecule has 2 heterocycles. The Morgan fingerprint density at radius 1 is 1.61 bits per heavy atom. The quantitative estimate of drug-likeness (QED) is 0.834. The maximum Gasteiger partial charge on any atom is 0.274 e. The molecule has 0 radical (unpaired) electrons. The summed E-state index contributed by atoms with van der Waals surface area (Å²) in [5, 5.41) is 4.17. The van der Waals surface area contributed by atoms with Crippen LogP contribution in [0.4, 0.5) is 5.69 Å². The highest BCUT2D eigenvalue weighted by molar-refractivity contribution is 5.98. The minimum absolute atomic E-state index is 0.0644. The van der Waals surface area contributed by atoms with Crippen LogP contribution in [0.2, 0.25) is 0 Å². The van der Waals surface area contributed by atoms with Gasteiger partial charge in [0.25, 0.3) is 5.91 Å². The number of aromatic nitrogens is 2. The molecule has 100 valence electrons. The molecule has 6 heteroatoms. The van der Waals surface area contributed by atoms with Gasteiger partial charge in [-0.1, -0.05) is 0 Å². The fourth-order valence-electron chi connectivity index (χ4n) is 2.47. The van der Waals surface area contributed by atoms with Gasteiger partial charge in [0.1, 0.15) is 5.69 Å². The summed E-state index contributed by atoms with van der Waals surface area (Å²) < 4.78 is 7.04. The number of carbonyl (C=O) groups is 1. The third-order valence-corrected chi connectivity index (χ3v) is 3.63. The highest BCUT2D eigenvalue weighted by atomic mass is 16.5. The predicted octanol–water partition coefficient (Wildman–Crippen LogP) is 0.560. The lowest BCUT2D eigenvalue weighted by molar-refractivity contribution is 0.0566. The number of likely N-dealkylation sites (N-methyl/N-ethyl adjacent to an activating group) is 1. The maximum atomic E-state index is 12.5. The van der Waals surface area contributed by atoms with E-state index in [1.807, 2.05) is 6.92 Å². The predicted molar refractivity (Wildman–Crippen MR) is 68.3 cm³/mol. The van der Waals surface area contributed by atoms with Gasteiger partial charge in [-0.2, -0.15) is 5.10 Å². The molecule has 2 rings (SSSR count). The van der Waals surface area contributed by atoms with Gasteiger partial charge < -0.3 is 15.4 Å². The van der Waals surface area contributed by atoms with Crippen LogP contribution in [0.15, 0.2) is 0 Å². The summed E-state index contributed by atoms with van der Waals surface area (Å²) in [7, 11) is 3.53. The van der Waals surface area contributed by atoms with E-state index in [0.29, 0.717) is 23.7 Å². The molecule has 2 atom stereocenters. The molecule has 1 fully saturated rings. The molecule has 1 aliphatic rings. The van der Waals surface area contributed by atoms with Crippen LogP contribution in [0.3, 0.4) is 0 Å². The van der Waals surface area contributed by atoms with Gasteiger partial charge in [0.05, 0.1) is 23.5 Å². The van der Waals surface area contributed by atoms with Crippen LogP contribution >= 0.6 is 0 Å². The second-order valence-corrected chi connectivity index (χ2v) is 4.82. The number of nitrogens with zero attached hydrogens (tertiary/aromatic N) is 3. The lowest BCUT2D eigenvalue weighted by Gasteiger charge is -2.26. The van der Waals surface area contributed by atoms with E-state index < -0.39 is 0 Å².